The summed E-state index contributed by atoms with van der Waals surface area (Å²) in [5.41, 5.74) is 0. The van der Waals surface area contributed by atoms with Crippen molar-refractivity contribution in [1.82, 2.24) is 5.32 Å². The first-order valence-electron chi connectivity index (χ1n) is 23.9. The van der Waals surface area contributed by atoms with E-state index in [1.54, 1.807) is 0 Å². The normalized spacial score (nSPS) is 14.2. The summed E-state index contributed by atoms with van der Waals surface area (Å²) in [6.07, 6.45) is 42.5. The van der Waals surface area contributed by atoms with Crippen LogP contribution in [0.15, 0.2) is 0 Å². The number of likely N-dealkylation sites (N-methyl/N-ethyl adjacent to an activating group) is 1. The predicted molar refractivity (Wildman–Crippen MR) is 233 cm³/mol. The quantitative estimate of drug-likeness (QED) is 0.0361. The van der Waals surface area contributed by atoms with Crippen LogP contribution in [0, 0.1) is 0 Å². The molecule has 1 unspecified atom stereocenters. The molecule has 8 nitrogen and oxygen atoms in total. The van der Waals surface area contributed by atoms with Gasteiger partial charge in [-0.2, -0.15) is 0 Å². The van der Waals surface area contributed by atoms with Gasteiger partial charge >= 0.3 is 0 Å². The Hall–Kier alpha value is -0.500. The molecule has 0 aliphatic heterocycles. The molecule has 9 heteroatoms. The highest BCUT2D eigenvalue weighted by molar-refractivity contribution is 7.45. The SMILES string of the molecule is CCCCCCCCCCCCCCCCCCCCCCCC(=O)N[C@@H](COP(=O)([O-])OCC[N+](C)(C)C)[C@H](O)CCCCCCCCCCCCCC. The van der Waals surface area contributed by atoms with E-state index in [0.29, 0.717) is 23.9 Å². The van der Waals surface area contributed by atoms with E-state index < -0.39 is 20.0 Å². The Morgan fingerprint density at radius 2 is 0.891 bits per heavy atom. The van der Waals surface area contributed by atoms with Gasteiger partial charge in [0.2, 0.25) is 5.91 Å². The molecule has 0 saturated heterocycles. The minimum atomic E-state index is -4.56. The van der Waals surface area contributed by atoms with Crippen LogP contribution in [0.3, 0.4) is 0 Å². The molecule has 0 spiro atoms. The maximum atomic E-state index is 12.9. The molecule has 0 saturated carbocycles. The first kappa shape index (κ1) is 54.5. The van der Waals surface area contributed by atoms with Crippen LogP contribution in [0.5, 0.6) is 0 Å². The van der Waals surface area contributed by atoms with E-state index in [1.807, 2.05) is 21.1 Å². The molecule has 0 rings (SSSR count). The predicted octanol–water partition coefficient (Wildman–Crippen LogP) is 12.7. The van der Waals surface area contributed by atoms with Crippen LogP contribution in [0.2, 0.25) is 0 Å². The van der Waals surface area contributed by atoms with Crippen LogP contribution in [-0.4, -0.2) is 68.5 Å². The lowest BCUT2D eigenvalue weighted by molar-refractivity contribution is -0.870. The Morgan fingerprint density at radius 3 is 1.24 bits per heavy atom. The minimum absolute atomic E-state index is 0.0161. The number of nitrogens with zero attached hydrogens (tertiary/aromatic N) is 1. The summed E-state index contributed by atoms with van der Waals surface area (Å²) in [6, 6.07) is -0.792. The first-order chi connectivity index (χ1) is 26.5. The maximum Gasteiger partial charge on any atom is 0.268 e. The summed E-state index contributed by atoms with van der Waals surface area (Å²) in [7, 11) is 1.32. The van der Waals surface area contributed by atoms with Crippen LogP contribution in [-0.2, 0) is 18.4 Å². The van der Waals surface area contributed by atoms with Crippen molar-refractivity contribution in [3.8, 4) is 0 Å². The zero-order chi connectivity index (χ0) is 40.7. The molecular formula is C46H95N2O6P. The van der Waals surface area contributed by atoms with Gasteiger partial charge in [0.15, 0.2) is 0 Å². The number of aliphatic hydroxyl groups is 1. The lowest BCUT2D eigenvalue weighted by Crippen LogP contribution is -2.46. The highest BCUT2D eigenvalue weighted by Gasteiger charge is 2.24. The molecule has 0 bridgehead atoms. The first-order valence-corrected chi connectivity index (χ1v) is 25.3. The van der Waals surface area contributed by atoms with Crippen LogP contribution < -0.4 is 10.2 Å². The number of phosphoric ester groups is 1. The van der Waals surface area contributed by atoms with Gasteiger partial charge in [-0.1, -0.05) is 219 Å². The Morgan fingerprint density at radius 1 is 0.564 bits per heavy atom. The number of aliphatic hydroxyl groups excluding tert-OH is 1. The zero-order valence-electron chi connectivity index (χ0n) is 37.4. The fraction of sp³-hybridized carbons (Fsp3) is 0.978. The van der Waals surface area contributed by atoms with Crippen molar-refractivity contribution in [2.75, 3.05) is 40.9 Å². The fourth-order valence-electron chi connectivity index (χ4n) is 7.28. The molecule has 1 amide bonds. The van der Waals surface area contributed by atoms with Crippen molar-refractivity contribution in [2.45, 2.75) is 251 Å². The van der Waals surface area contributed by atoms with Gasteiger partial charge in [0.25, 0.3) is 7.82 Å². The third-order valence-corrected chi connectivity index (χ3v) is 12.1. The second-order valence-electron chi connectivity index (χ2n) is 17.8. The van der Waals surface area contributed by atoms with Gasteiger partial charge < -0.3 is 28.8 Å². The molecule has 2 N–H and O–H groups in total. The molecule has 0 aromatic carbocycles. The standard InChI is InChI=1S/C46H95N2O6P/c1-6-8-10-12-14-16-18-20-21-22-23-24-25-26-27-28-30-32-34-36-38-40-46(50)47-44(43-54-55(51,52)53-42-41-48(3,4)5)45(49)39-37-35-33-31-29-19-17-15-13-11-9-7-2/h44-45,49H,6-43H2,1-5H3,(H-,47,50,51,52)/t44-,45+/m0/s1. The van der Waals surface area contributed by atoms with Gasteiger partial charge in [-0.05, 0) is 12.8 Å². The molecule has 0 aliphatic carbocycles. The number of carbonyl (C=O) groups is 1. The van der Waals surface area contributed by atoms with Crippen molar-refractivity contribution in [3.05, 3.63) is 0 Å². The smallest absolute Gasteiger partial charge is 0.268 e. The van der Waals surface area contributed by atoms with Gasteiger partial charge in [0, 0.05) is 6.42 Å². The topological polar surface area (TPSA) is 108 Å². The molecule has 0 radical (unpaired) electrons. The summed E-state index contributed by atoms with van der Waals surface area (Å²) in [6.45, 7) is 4.74. The summed E-state index contributed by atoms with van der Waals surface area (Å²) in [5, 5.41) is 13.9. The number of hydrogen-bond donors (Lipinski definition) is 2. The monoisotopic (exact) mass is 803 g/mol. The Balaban J connectivity index is 4.20. The molecular weight excluding hydrogens is 707 g/mol. The summed E-state index contributed by atoms with van der Waals surface area (Å²) < 4.78 is 23.3. The number of hydrogen-bond acceptors (Lipinski definition) is 6. The third-order valence-electron chi connectivity index (χ3n) is 11.1. The average Bonchev–Trinajstić information content (AvgIpc) is 3.13. The summed E-state index contributed by atoms with van der Waals surface area (Å²) in [4.78, 5) is 25.3. The Bertz CT molecular complexity index is 870. The molecule has 0 aromatic heterocycles. The van der Waals surface area contributed by atoms with Crippen LogP contribution in [0.25, 0.3) is 0 Å². The van der Waals surface area contributed by atoms with Gasteiger partial charge in [0.05, 0.1) is 39.9 Å². The van der Waals surface area contributed by atoms with Crippen LogP contribution >= 0.6 is 7.82 Å². The van der Waals surface area contributed by atoms with Crippen molar-refractivity contribution in [3.63, 3.8) is 0 Å². The van der Waals surface area contributed by atoms with Crippen LogP contribution in [0.4, 0.5) is 0 Å². The number of unbranched alkanes of at least 4 members (excludes halogenated alkanes) is 31. The van der Waals surface area contributed by atoms with E-state index in [4.69, 9.17) is 9.05 Å². The van der Waals surface area contributed by atoms with E-state index in [2.05, 4.69) is 19.2 Å². The van der Waals surface area contributed by atoms with E-state index in [1.165, 1.54) is 173 Å². The van der Waals surface area contributed by atoms with Gasteiger partial charge in [0.1, 0.15) is 13.2 Å². The average molecular weight is 803 g/mol. The lowest BCUT2D eigenvalue weighted by Gasteiger charge is -2.30. The number of amides is 1. The number of nitrogens with one attached hydrogen (secondary N) is 1. The van der Waals surface area contributed by atoms with E-state index >= 15 is 0 Å². The molecule has 330 valence electrons. The Labute approximate surface area is 342 Å². The van der Waals surface area contributed by atoms with Gasteiger partial charge in [-0.25, -0.2) is 0 Å². The van der Waals surface area contributed by atoms with Crippen molar-refractivity contribution in [1.29, 1.82) is 0 Å². The molecule has 0 fully saturated rings. The molecule has 0 aromatic rings. The lowest BCUT2D eigenvalue weighted by atomic mass is 10.0. The number of carbonyl (C=O) groups excluding carboxylic acids is 1. The molecule has 0 aliphatic rings. The Kier molecular flexibility index (Phi) is 38.6. The largest absolute Gasteiger partial charge is 0.756 e. The molecule has 3 atom stereocenters. The van der Waals surface area contributed by atoms with Crippen LogP contribution in [0.1, 0.15) is 239 Å². The van der Waals surface area contributed by atoms with E-state index in [0.717, 1.165) is 38.5 Å². The summed E-state index contributed by atoms with van der Waals surface area (Å²) >= 11 is 0. The van der Waals surface area contributed by atoms with Crippen molar-refractivity contribution in [2.24, 2.45) is 0 Å². The van der Waals surface area contributed by atoms with Gasteiger partial charge in [-0.15, -0.1) is 0 Å². The zero-order valence-corrected chi connectivity index (χ0v) is 38.3. The highest BCUT2D eigenvalue weighted by Crippen LogP contribution is 2.38. The van der Waals surface area contributed by atoms with Gasteiger partial charge in [-0.3, -0.25) is 9.36 Å². The number of phosphoric acid groups is 1. The second-order valence-corrected chi connectivity index (χ2v) is 19.2. The molecule has 0 heterocycles. The highest BCUT2D eigenvalue weighted by atomic mass is 31.2. The second kappa shape index (κ2) is 39.0. The summed E-state index contributed by atoms with van der Waals surface area (Å²) in [5.74, 6) is -0.160. The van der Waals surface area contributed by atoms with Crippen molar-refractivity contribution < 1.29 is 32.9 Å². The third kappa shape index (κ3) is 41.5. The molecule has 55 heavy (non-hydrogen) atoms. The number of rotatable bonds is 44. The number of quaternary nitrogens is 1. The minimum Gasteiger partial charge on any atom is -0.756 e. The van der Waals surface area contributed by atoms with Crippen molar-refractivity contribution >= 4 is 13.7 Å². The van der Waals surface area contributed by atoms with E-state index in [-0.39, 0.29) is 19.1 Å². The van der Waals surface area contributed by atoms with E-state index in [9.17, 15) is 19.4 Å². The maximum absolute atomic E-state index is 12.9. The fourth-order valence-corrected chi connectivity index (χ4v) is 8.00.